The lowest BCUT2D eigenvalue weighted by molar-refractivity contribution is 0.0695. The Morgan fingerprint density at radius 1 is 1.21 bits per heavy atom. The summed E-state index contributed by atoms with van der Waals surface area (Å²) >= 11 is 5.69. The fraction of sp³-hybridized carbons (Fsp3) is 0.542. The van der Waals surface area contributed by atoms with E-state index >= 15 is 4.39 Å². The van der Waals surface area contributed by atoms with Gasteiger partial charge in [0.15, 0.2) is 5.11 Å². The van der Waals surface area contributed by atoms with Crippen LogP contribution in [0, 0.1) is 17.7 Å². The minimum atomic E-state index is -1.31. The molecule has 7 nitrogen and oxygen atoms in total. The monoisotopic (exact) mass is 472 g/mol. The summed E-state index contributed by atoms with van der Waals surface area (Å²) in [7, 11) is 0. The third-order valence-corrected chi connectivity index (χ3v) is 8.05. The molecule has 0 spiro atoms. The van der Waals surface area contributed by atoms with Crippen LogP contribution < -0.4 is 15.6 Å². The van der Waals surface area contributed by atoms with Gasteiger partial charge in [-0.15, -0.1) is 0 Å². The number of hydrogen-bond donors (Lipinski definition) is 2. The smallest absolute Gasteiger partial charge is 0.341 e. The van der Waals surface area contributed by atoms with Crippen LogP contribution in [0.25, 0.3) is 10.9 Å². The zero-order valence-corrected chi connectivity index (χ0v) is 19.5. The molecule has 3 fully saturated rings. The first-order chi connectivity index (χ1) is 15.9. The van der Waals surface area contributed by atoms with Crippen LogP contribution >= 0.6 is 12.2 Å². The minimum absolute atomic E-state index is 0.0906. The normalized spacial score (nSPS) is 24.5. The minimum Gasteiger partial charge on any atom is -0.477 e. The molecule has 2 saturated carbocycles. The van der Waals surface area contributed by atoms with Crippen molar-refractivity contribution in [3.8, 4) is 0 Å². The summed E-state index contributed by atoms with van der Waals surface area (Å²) in [4.78, 5) is 28.1. The van der Waals surface area contributed by atoms with E-state index < -0.39 is 17.2 Å². The van der Waals surface area contributed by atoms with E-state index in [-0.39, 0.29) is 10.9 Å². The standard InChI is InChI=1S/C24H29FN4O3S/c1-2-27-13-17(23(31)32)22(30)16-11-18(25)21(12-20(16)27)28-5-7-29(8-6-28)24(33)26-19-10-14-3-4-15(19)9-14/h11-15,19H,2-10H2,1H3,(H,26,33)(H,31,32)/t14-,15-,19-/m0/s1. The van der Waals surface area contributed by atoms with Crippen molar-refractivity contribution in [1.82, 2.24) is 14.8 Å². The molecule has 2 aromatic rings. The molecule has 176 valence electrons. The zero-order chi connectivity index (χ0) is 23.3. The number of halogens is 1. The number of nitrogens with zero attached hydrogens (tertiary/aromatic N) is 3. The lowest BCUT2D eigenvalue weighted by Crippen LogP contribution is -2.54. The van der Waals surface area contributed by atoms with Gasteiger partial charge < -0.3 is 24.8 Å². The van der Waals surface area contributed by atoms with Crippen LogP contribution in [0.5, 0.6) is 0 Å². The van der Waals surface area contributed by atoms with Crippen LogP contribution in [-0.4, -0.2) is 57.9 Å². The summed E-state index contributed by atoms with van der Waals surface area (Å²) in [6, 6.07) is 3.34. The number of piperazine rings is 1. The number of fused-ring (bicyclic) bond motifs is 3. The first-order valence-electron chi connectivity index (χ1n) is 11.8. The summed E-state index contributed by atoms with van der Waals surface area (Å²) in [5, 5.41) is 13.8. The molecule has 9 heteroatoms. The van der Waals surface area contributed by atoms with Gasteiger partial charge in [0.25, 0.3) is 0 Å². The molecule has 1 saturated heterocycles. The average molecular weight is 473 g/mol. The number of nitrogens with one attached hydrogen (secondary N) is 1. The van der Waals surface area contributed by atoms with Gasteiger partial charge in [0.2, 0.25) is 5.43 Å². The first kappa shape index (κ1) is 22.1. The number of pyridine rings is 1. The molecule has 1 aromatic heterocycles. The summed E-state index contributed by atoms with van der Waals surface area (Å²) in [5.41, 5.74) is -0.0327. The second-order valence-corrected chi connectivity index (χ2v) is 9.88. The molecule has 3 atom stereocenters. The van der Waals surface area contributed by atoms with Crippen molar-refractivity contribution < 1.29 is 14.3 Å². The van der Waals surface area contributed by atoms with Crippen molar-refractivity contribution >= 4 is 39.9 Å². The molecule has 5 rings (SSSR count). The first-order valence-corrected chi connectivity index (χ1v) is 12.2. The molecule has 2 heterocycles. The average Bonchev–Trinajstić information content (AvgIpc) is 3.42. The predicted molar refractivity (Wildman–Crippen MR) is 130 cm³/mol. The fourth-order valence-corrected chi connectivity index (χ4v) is 6.21. The highest BCUT2D eigenvalue weighted by Gasteiger charge is 2.40. The Morgan fingerprint density at radius 3 is 2.58 bits per heavy atom. The molecule has 1 aliphatic heterocycles. The lowest BCUT2D eigenvalue weighted by Gasteiger charge is -2.39. The Bertz CT molecular complexity index is 1170. The number of carboxylic acid groups (broad SMARTS) is 1. The van der Waals surface area contributed by atoms with Gasteiger partial charge in [-0.25, -0.2) is 9.18 Å². The largest absolute Gasteiger partial charge is 0.477 e. The van der Waals surface area contributed by atoms with Gasteiger partial charge >= 0.3 is 5.97 Å². The maximum absolute atomic E-state index is 15.1. The molecule has 1 aromatic carbocycles. The second-order valence-electron chi connectivity index (χ2n) is 9.49. The summed E-state index contributed by atoms with van der Waals surface area (Å²) < 4.78 is 16.8. The summed E-state index contributed by atoms with van der Waals surface area (Å²) in [5.74, 6) is -0.213. The Hall–Kier alpha value is -2.68. The number of hydrogen-bond acceptors (Lipinski definition) is 4. The Labute approximate surface area is 197 Å². The van der Waals surface area contributed by atoms with E-state index in [0.29, 0.717) is 50.0 Å². The van der Waals surface area contributed by atoms with Crippen molar-refractivity contribution in [2.45, 2.75) is 45.2 Å². The molecule has 0 radical (unpaired) electrons. The Morgan fingerprint density at radius 2 is 1.97 bits per heavy atom. The van der Waals surface area contributed by atoms with Crippen LogP contribution in [0.3, 0.4) is 0 Å². The van der Waals surface area contributed by atoms with E-state index in [0.717, 1.165) is 16.9 Å². The quantitative estimate of drug-likeness (QED) is 0.663. The highest BCUT2D eigenvalue weighted by atomic mass is 32.1. The lowest BCUT2D eigenvalue weighted by atomic mass is 9.95. The molecule has 2 aliphatic carbocycles. The maximum Gasteiger partial charge on any atom is 0.341 e. The van der Waals surface area contributed by atoms with Crippen LogP contribution in [0.15, 0.2) is 23.1 Å². The predicted octanol–water partition coefficient (Wildman–Crippen LogP) is 3.04. The Balaban J connectivity index is 1.32. The number of aryl methyl sites for hydroxylation is 1. The number of aromatic nitrogens is 1. The van der Waals surface area contributed by atoms with Gasteiger partial charge in [-0.3, -0.25) is 4.79 Å². The van der Waals surface area contributed by atoms with E-state index in [1.807, 2.05) is 11.8 Å². The van der Waals surface area contributed by atoms with E-state index in [9.17, 15) is 14.7 Å². The molecule has 2 N–H and O–H groups in total. The van der Waals surface area contributed by atoms with Gasteiger partial charge in [0.05, 0.1) is 11.2 Å². The van der Waals surface area contributed by atoms with E-state index in [1.54, 1.807) is 10.6 Å². The molecule has 33 heavy (non-hydrogen) atoms. The number of aromatic carboxylic acids is 1. The van der Waals surface area contributed by atoms with Crippen LogP contribution in [0.4, 0.5) is 10.1 Å². The molecule has 0 unspecified atom stereocenters. The highest BCUT2D eigenvalue weighted by molar-refractivity contribution is 7.80. The third-order valence-electron chi connectivity index (χ3n) is 7.67. The number of rotatable bonds is 4. The maximum atomic E-state index is 15.1. The highest BCUT2D eigenvalue weighted by Crippen LogP contribution is 2.44. The van der Waals surface area contributed by atoms with Crippen LogP contribution in [0.2, 0.25) is 0 Å². The van der Waals surface area contributed by atoms with E-state index in [4.69, 9.17) is 12.2 Å². The number of benzene rings is 1. The summed E-state index contributed by atoms with van der Waals surface area (Å²) in [6.07, 6.45) is 6.54. The van der Waals surface area contributed by atoms with Crippen molar-refractivity contribution in [2.24, 2.45) is 11.8 Å². The fourth-order valence-electron chi connectivity index (χ4n) is 5.88. The molecular formula is C24H29FN4O3S. The third kappa shape index (κ3) is 3.96. The van der Waals surface area contributed by atoms with Crippen molar-refractivity contribution in [3.63, 3.8) is 0 Å². The van der Waals surface area contributed by atoms with Crippen molar-refractivity contribution in [3.05, 3.63) is 39.9 Å². The molecule has 2 bridgehead atoms. The number of carboxylic acids is 1. The number of carbonyl (C=O) groups is 1. The SMILES string of the molecule is CCn1cc(C(=O)O)c(=O)c2cc(F)c(N3CCN(C(=S)N[C@H]4C[C@H]5CC[C@H]4C5)CC3)cc21. The summed E-state index contributed by atoms with van der Waals surface area (Å²) in [6.45, 7) is 4.96. The van der Waals surface area contributed by atoms with Gasteiger partial charge in [0.1, 0.15) is 11.4 Å². The van der Waals surface area contributed by atoms with Gasteiger partial charge in [-0.1, -0.05) is 6.42 Å². The van der Waals surface area contributed by atoms with E-state index in [1.165, 1.54) is 37.9 Å². The number of anilines is 1. The van der Waals surface area contributed by atoms with Crippen molar-refractivity contribution in [2.75, 3.05) is 31.1 Å². The second kappa shape index (κ2) is 8.59. The van der Waals surface area contributed by atoms with Crippen molar-refractivity contribution in [1.29, 1.82) is 0 Å². The van der Waals surface area contributed by atoms with E-state index in [2.05, 4.69) is 10.2 Å². The van der Waals surface area contributed by atoms with Crippen LogP contribution in [0.1, 0.15) is 43.0 Å². The van der Waals surface area contributed by atoms with Crippen LogP contribution in [-0.2, 0) is 6.54 Å². The molecule has 3 aliphatic rings. The molecule has 0 amide bonds. The topological polar surface area (TPSA) is 77.8 Å². The zero-order valence-electron chi connectivity index (χ0n) is 18.7. The number of thiocarbonyl (C=S) groups is 1. The molecular weight excluding hydrogens is 443 g/mol. The van der Waals surface area contributed by atoms with Gasteiger partial charge in [0, 0.05) is 50.3 Å². The van der Waals surface area contributed by atoms with Gasteiger partial charge in [-0.05, 0) is 62.4 Å². The van der Waals surface area contributed by atoms with Gasteiger partial charge in [-0.2, -0.15) is 0 Å². The Kier molecular flexibility index (Phi) is 5.76.